The van der Waals surface area contributed by atoms with E-state index in [9.17, 15) is 9.18 Å². The Morgan fingerprint density at radius 1 is 1.42 bits per heavy atom. The second-order valence-electron chi connectivity index (χ2n) is 4.99. The van der Waals surface area contributed by atoms with Crippen LogP contribution in [0.25, 0.3) is 0 Å². The van der Waals surface area contributed by atoms with E-state index >= 15 is 0 Å². The minimum absolute atomic E-state index is 0.0136. The molecule has 0 bridgehead atoms. The van der Waals surface area contributed by atoms with Crippen LogP contribution in [0.4, 0.5) is 4.39 Å². The summed E-state index contributed by atoms with van der Waals surface area (Å²) in [7, 11) is 0. The molecular formula is C14H17ClFNO2. The van der Waals surface area contributed by atoms with Crippen molar-refractivity contribution in [1.29, 1.82) is 0 Å². The molecule has 1 fully saturated rings. The van der Waals surface area contributed by atoms with E-state index in [4.69, 9.17) is 16.7 Å². The van der Waals surface area contributed by atoms with Gasteiger partial charge in [-0.05, 0) is 30.5 Å². The van der Waals surface area contributed by atoms with Crippen LogP contribution in [0.1, 0.15) is 31.2 Å². The Bertz CT molecular complexity index is 461. The largest absolute Gasteiger partial charge is 0.480 e. The fourth-order valence-corrected chi connectivity index (χ4v) is 2.83. The first kappa shape index (κ1) is 14.3. The lowest BCUT2D eigenvalue weighted by molar-refractivity contribution is -0.139. The molecule has 0 amide bonds. The zero-order valence-corrected chi connectivity index (χ0v) is 11.4. The minimum atomic E-state index is -0.833. The number of aliphatic carboxylic acids is 1. The average molecular weight is 286 g/mol. The van der Waals surface area contributed by atoms with Crippen molar-refractivity contribution < 1.29 is 14.3 Å². The van der Waals surface area contributed by atoms with Gasteiger partial charge >= 0.3 is 5.97 Å². The molecule has 0 unspecified atom stereocenters. The highest BCUT2D eigenvalue weighted by Crippen LogP contribution is 2.25. The summed E-state index contributed by atoms with van der Waals surface area (Å²) in [6.07, 6.45) is 4.35. The van der Waals surface area contributed by atoms with E-state index in [1.165, 1.54) is 6.07 Å². The minimum Gasteiger partial charge on any atom is -0.480 e. The fourth-order valence-electron chi connectivity index (χ4n) is 2.63. The van der Waals surface area contributed by atoms with Crippen molar-refractivity contribution in [3.63, 3.8) is 0 Å². The molecule has 2 rings (SSSR count). The van der Waals surface area contributed by atoms with Crippen molar-refractivity contribution in [3.8, 4) is 0 Å². The molecule has 0 heterocycles. The Hall–Kier alpha value is -1.13. The summed E-state index contributed by atoms with van der Waals surface area (Å²) in [4.78, 5) is 12.9. The Morgan fingerprint density at radius 2 is 2.11 bits per heavy atom. The van der Waals surface area contributed by atoms with Crippen molar-refractivity contribution in [2.45, 2.75) is 38.3 Å². The molecule has 0 saturated heterocycles. The van der Waals surface area contributed by atoms with Crippen LogP contribution in [0.2, 0.25) is 5.02 Å². The molecule has 0 aromatic heterocycles. The molecule has 0 aliphatic heterocycles. The summed E-state index contributed by atoms with van der Waals surface area (Å²) in [6, 6.07) is 4.86. The number of hydrogen-bond acceptors (Lipinski definition) is 2. The van der Waals surface area contributed by atoms with E-state index in [-0.39, 0.29) is 11.6 Å². The lowest BCUT2D eigenvalue weighted by atomic mass is 10.1. The van der Waals surface area contributed by atoms with Gasteiger partial charge in [0.05, 0.1) is 11.6 Å². The van der Waals surface area contributed by atoms with Gasteiger partial charge in [0.25, 0.3) is 0 Å². The highest BCUT2D eigenvalue weighted by Gasteiger charge is 2.24. The maximum atomic E-state index is 13.1. The first-order valence-electron chi connectivity index (χ1n) is 6.46. The van der Waals surface area contributed by atoms with Gasteiger partial charge in [-0.3, -0.25) is 9.69 Å². The second-order valence-corrected chi connectivity index (χ2v) is 5.39. The van der Waals surface area contributed by atoms with E-state index < -0.39 is 11.8 Å². The van der Waals surface area contributed by atoms with Gasteiger partial charge in [0.15, 0.2) is 0 Å². The number of carboxylic acid groups (broad SMARTS) is 1. The van der Waals surface area contributed by atoms with Crippen molar-refractivity contribution >= 4 is 17.6 Å². The van der Waals surface area contributed by atoms with Crippen LogP contribution < -0.4 is 0 Å². The molecule has 1 saturated carbocycles. The highest BCUT2D eigenvalue weighted by atomic mass is 35.5. The van der Waals surface area contributed by atoms with Gasteiger partial charge in [0, 0.05) is 12.6 Å². The zero-order chi connectivity index (χ0) is 13.8. The molecular weight excluding hydrogens is 269 g/mol. The number of halogens is 2. The van der Waals surface area contributed by atoms with Crippen molar-refractivity contribution in [3.05, 3.63) is 34.6 Å². The van der Waals surface area contributed by atoms with Crippen molar-refractivity contribution in [2.24, 2.45) is 0 Å². The first-order valence-corrected chi connectivity index (χ1v) is 6.84. The maximum absolute atomic E-state index is 13.1. The number of benzene rings is 1. The normalized spacial score (nSPS) is 16.2. The third-order valence-electron chi connectivity index (χ3n) is 3.55. The number of nitrogens with zero attached hydrogens (tertiary/aromatic N) is 1. The van der Waals surface area contributed by atoms with Crippen LogP contribution >= 0.6 is 11.6 Å². The van der Waals surface area contributed by atoms with E-state index in [2.05, 4.69) is 0 Å². The predicted molar refractivity (Wildman–Crippen MR) is 71.7 cm³/mol. The molecule has 104 valence electrons. The monoisotopic (exact) mass is 285 g/mol. The molecule has 1 aromatic rings. The van der Waals surface area contributed by atoms with Gasteiger partial charge < -0.3 is 5.11 Å². The molecule has 19 heavy (non-hydrogen) atoms. The standard InChI is InChI=1S/C14H17ClFNO2/c15-12-7-10(5-6-13(12)16)8-17(9-14(18)19)11-3-1-2-4-11/h5-7,11H,1-4,8-9H2,(H,18,19). The van der Waals surface area contributed by atoms with E-state index in [0.717, 1.165) is 31.2 Å². The van der Waals surface area contributed by atoms with Gasteiger partial charge in [-0.15, -0.1) is 0 Å². The molecule has 0 spiro atoms. The summed E-state index contributed by atoms with van der Waals surface area (Å²) < 4.78 is 13.1. The predicted octanol–water partition coefficient (Wildman–Crippen LogP) is 3.31. The van der Waals surface area contributed by atoms with Crippen LogP contribution in [-0.2, 0) is 11.3 Å². The summed E-state index contributed by atoms with van der Waals surface area (Å²) >= 11 is 5.75. The Kier molecular flexibility index (Phi) is 4.77. The average Bonchev–Trinajstić information content (AvgIpc) is 2.86. The van der Waals surface area contributed by atoms with Crippen LogP contribution in [0.5, 0.6) is 0 Å². The van der Waals surface area contributed by atoms with Gasteiger partial charge in [0.2, 0.25) is 0 Å². The molecule has 0 atom stereocenters. The summed E-state index contributed by atoms with van der Waals surface area (Å²) in [5.41, 5.74) is 0.847. The number of rotatable bonds is 5. The van der Waals surface area contributed by atoms with Crippen molar-refractivity contribution in [1.82, 2.24) is 4.90 Å². The highest BCUT2D eigenvalue weighted by molar-refractivity contribution is 6.30. The topological polar surface area (TPSA) is 40.5 Å². The maximum Gasteiger partial charge on any atom is 0.317 e. The first-order chi connectivity index (χ1) is 9.06. The third-order valence-corrected chi connectivity index (χ3v) is 3.84. The SMILES string of the molecule is O=C(O)CN(Cc1ccc(F)c(Cl)c1)C1CCCC1. The molecule has 1 aliphatic rings. The Morgan fingerprint density at radius 3 is 2.68 bits per heavy atom. The van der Waals surface area contributed by atoms with Crippen LogP contribution in [-0.4, -0.2) is 28.6 Å². The molecule has 1 aliphatic carbocycles. The zero-order valence-electron chi connectivity index (χ0n) is 10.6. The van der Waals surface area contributed by atoms with Gasteiger partial charge in [0.1, 0.15) is 5.82 Å². The quantitative estimate of drug-likeness (QED) is 0.902. The fraction of sp³-hybridized carbons (Fsp3) is 0.500. The van der Waals surface area contributed by atoms with E-state index in [1.54, 1.807) is 12.1 Å². The Balaban J connectivity index is 2.09. The Labute approximate surface area is 117 Å². The van der Waals surface area contributed by atoms with E-state index in [1.807, 2.05) is 4.90 Å². The number of carbonyl (C=O) groups is 1. The van der Waals surface area contributed by atoms with Crippen LogP contribution in [0.3, 0.4) is 0 Å². The summed E-state index contributed by atoms with van der Waals surface area (Å²) in [6.45, 7) is 0.511. The molecule has 5 heteroatoms. The third kappa shape index (κ3) is 3.91. The summed E-state index contributed by atoms with van der Waals surface area (Å²) in [5.74, 6) is -1.28. The lowest BCUT2D eigenvalue weighted by Crippen LogP contribution is -2.37. The van der Waals surface area contributed by atoms with Crippen molar-refractivity contribution in [2.75, 3.05) is 6.54 Å². The van der Waals surface area contributed by atoms with E-state index in [0.29, 0.717) is 12.6 Å². The summed E-state index contributed by atoms with van der Waals surface area (Å²) in [5, 5.41) is 9.08. The second kappa shape index (κ2) is 6.35. The number of hydrogen-bond donors (Lipinski definition) is 1. The van der Waals surface area contributed by atoms with Gasteiger partial charge in [-0.25, -0.2) is 4.39 Å². The van der Waals surface area contributed by atoms with Gasteiger partial charge in [-0.2, -0.15) is 0 Å². The molecule has 1 aromatic carbocycles. The smallest absolute Gasteiger partial charge is 0.317 e. The number of carboxylic acids is 1. The van der Waals surface area contributed by atoms with Gasteiger partial charge in [-0.1, -0.05) is 30.5 Å². The van der Waals surface area contributed by atoms with Crippen LogP contribution in [0.15, 0.2) is 18.2 Å². The molecule has 0 radical (unpaired) electrons. The van der Waals surface area contributed by atoms with Crippen LogP contribution in [0, 0.1) is 5.82 Å². The lowest BCUT2D eigenvalue weighted by Gasteiger charge is -2.27. The molecule has 1 N–H and O–H groups in total. The molecule has 3 nitrogen and oxygen atoms in total.